The molecular weight excluding hydrogens is 264 g/mol. The van der Waals surface area contributed by atoms with Gasteiger partial charge in [-0.1, -0.05) is 17.7 Å². The number of rotatable bonds is 2. The van der Waals surface area contributed by atoms with Gasteiger partial charge in [0.25, 0.3) is 0 Å². The van der Waals surface area contributed by atoms with Gasteiger partial charge < -0.3 is 9.80 Å². The maximum Gasteiger partial charge on any atom is 0.224 e. The zero-order valence-corrected chi connectivity index (χ0v) is 13.3. The molecule has 0 unspecified atom stereocenters. The first-order valence-electron chi connectivity index (χ1n) is 7.52. The third kappa shape index (κ3) is 3.43. The van der Waals surface area contributed by atoms with Crippen molar-refractivity contribution < 1.29 is 9.59 Å². The fourth-order valence-corrected chi connectivity index (χ4v) is 3.14. The van der Waals surface area contributed by atoms with Crippen LogP contribution < -0.4 is 4.90 Å². The van der Waals surface area contributed by atoms with Gasteiger partial charge in [-0.15, -0.1) is 0 Å². The average molecular weight is 288 g/mol. The van der Waals surface area contributed by atoms with Crippen LogP contribution in [0.4, 0.5) is 5.69 Å². The highest BCUT2D eigenvalue weighted by Crippen LogP contribution is 2.27. The quantitative estimate of drug-likeness (QED) is 0.839. The van der Waals surface area contributed by atoms with Gasteiger partial charge in [0.2, 0.25) is 11.8 Å². The summed E-state index contributed by atoms with van der Waals surface area (Å²) < 4.78 is 0. The van der Waals surface area contributed by atoms with E-state index in [1.165, 1.54) is 5.56 Å². The minimum absolute atomic E-state index is 0.0724. The summed E-state index contributed by atoms with van der Waals surface area (Å²) in [6.07, 6.45) is 1.68. The Kier molecular flexibility index (Phi) is 4.66. The predicted molar refractivity (Wildman–Crippen MR) is 84.4 cm³/mol. The molecule has 1 heterocycles. The van der Waals surface area contributed by atoms with Gasteiger partial charge in [0, 0.05) is 38.7 Å². The van der Waals surface area contributed by atoms with Gasteiger partial charge in [-0.2, -0.15) is 0 Å². The SMILES string of the molecule is CC(=O)N1CCC(N(C(C)=O)c2ccc(C)cc2C)CC1. The minimum Gasteiger partial charge on any atom is -0.343 e. The summed E-state index contributed by atoms with van der Waals surface area (Å²) in [6.45, 7) is 8.79. The molecular formula is C17H24N2O2. The Hall–Kier alpha value is -1.84. The molecule has 2 amide bonds. The summed E-state index contributed by atoms with van der Waals surface area (Å²) in [5.74, 6) is 0.192. The number of carbonyl (C=O) groups is 2. The van der Waals surface area contributed by atoms with Crippen molar-refractivity contribution in [2.75, 3.05) is 18.0 Å². The Bertz CT molecular complexity index is 546. The maximum absolute atomic E-state index is 12.1. The number of carbonyl (C=O) groups excluding carboxylic acids is 2. The van der Waals surface area contributed by atoms with Crippen LogP contribution in [0, 0.1) is 13.8 Å². The summed E-state index contributed by atoms with van der Waals surface area (Å²) in [5, 5.41) is 0. The lowest BCUT2D eigenvalue weighted by molar-refractivity contribution is -0.129. The van der Waals surface area contributed by atoms with E-state index in [4.69, 9.17) is 0 Å². The molecule has 1 aliphatic rings. The van der Waals surface area contributed by atoms with E-state index in [0.717, 1.165) is 37.2 Å². The summed E-state index contributed by atoms with van der Waals surface area (Å²) >= 11 is 0. The number of aryl methyl sites for hydroxylation is 2. The van der Waals surface area contributed by atoms with Crippen molar-refractivity contribution >= 4 is 17.5 Å². The molecule has 0 aliphatic carbocycles. The van der Waals surface area contributed by atoms with E-state index < -0.39 is 0 Å². The Labute approximate surface area is 126 Å². The van der Waals surface area contributed by atoms with Crippen LogP contribution in [-0.4, -0.2) is 35.8 Å². The van der Waals surface area contributed by atoms with E-state index in [2.05, 4.69) is 13.0 Å². The molecule has 0 radical (unpaired) electrons. The zero-order valence-electron chi connectivity index (χ0n) is 13.3. The van der Waals surface area contributed by atoms with Crippen molar-refractivity contribution in [1.82, 2.24) is 4.90 Å². The highest BCUT2D eigenvalue weighted by molar-refractivity contribution is 5.93. The summed E-state index contributed by atoms with van der Waals surface area (Å²) in [5.41, 5.74) is 3.32. The summed E-state index contributed by atoms with van der Waals surface area (Å²) in [4.78, 5) is 27.3. The second-order valence-corrected chi connectivity index (χ2v) is 5.92. The van der Waals surface area contributed by atoms with Crippen LogP contribution in [-0.2, 0) is 9.59 Å². The van der Waals surface area contributed by atoms with Crippen LogP contribution in [0.25, 0.3) is 0 Å². The predicted octanol–water partition coefficient (Wildman–Crippen LogP) is 2.67. The van der Waals surface area contributed by atoms with Crippen molar-refractivity contribution in [2.45, 2.75) is 46.6 Å². The van der Waals surface area contributed by atoms with Crippen LogP contribution in [0.15, 0.2) is 18.2 Å². The molecule has 114 valence electrons. The van der Waals surface area contributed by atoms with E-state index in [0.29, 0.717) is 0 Å². The lowest BCUT2D eigenvalue weighted by Gasteiger charge is -2.38. The number of anilines is 1. The topological polar surface area (TPSA) is 40.6 Å². The molecule has 0 saturated carbocycles. The summed E-state index contributed by atoms with van der Waals surface area (Å²) in [6, 6.07) is 6.36. The Balaban J connectivity index is 2.21. The van der Waals surface area contributed by atoms with Crippen LogP contribution >= 0.6 is 0 Å². The molecule has 2 rings (SSSR count). The minimum atomic E-state index is 0.0724. The molecule has 4 heteroatoms. The molecule has 0 aromatic heterocycles. The van der Waals surface area contributed by atoms with Crippen molar-refractivity contribution in [3.8, 4) is 0 Å². The average Bonchev–Trinajstić information content (AvgIpc) is 2.42. The normalized spacial score (nSPS) is 15.9. The maximum atomic E-state index is 12.1. The van der Waals surface area contributed by atoms with Gasteiger partial charge in [0.1, 0.15) is 0 Å². The fourth-order valence-electron chi connectivity index (χ4n) is 3.14. The van der Waals surface area contributed by atoms with Crippen LogP contribution in [0.3, 0.4) is 0 Å². The number of likely N-dealkylation sites (tertiary alicyclic amines) is 1. The molecule has 1 aliphatic heterocycles. The van der Waals surface area contributed by atoms with Gasteiger partial charge in [-0.05, 0) is 38.3 Å². The van der Waals surface area contributed by atoms with Crippen LogP contribution in [0.5, 0.6) is 0 Å². The Morgan fingerprint density at radius 1 is 1.14 bits per heavy atom. The molecule has 0 spiro atoms. The molecule has 0 bridgehead atoms. The van der Waals surface area contributed by atoms with E-state index in [-0.39, 0.29) is 17.9 Å². The number of nitrogens with zero attached hydrogens (tertiary/aromatic N) is 2. The molecule has 1 saturated heterocycles. The molecule has 1 aromatic rings. The second-order valence-electron chi connectivity index (χ2n) is 5.92. The Morgan fingerprint density at radius 2 is 1.76 bits per heavy atom. The Morgan fingerprint density at radius 3 is 2.24 bits per heavy atom. The van der Waals surface area contributed by atoms with Gasteiger partial charge in [0.05, 0.1) is 0 Å². The molecule has 0 N–H and O–H groups in total. The van der Waals surface area contributed by atoms with Gasteiger partial charge >= 0.3 is 0 Å². The number of piperidine rings is 1. The largest absolute Gasteiger partial charge is 0.343 e. The molecule has 0 atom stereocenters. The first kappa shape index (κ1) is 15.5. The van der Waals surface area contributed by atoms with E-state index in [9.17, 15) is 9.59 Å². The van der Waals surface area contributed by atoms with Crippen molar-refractivity contribution in [3.63, 3.8) is 0 Å². The van der Waals surface area contributed by atoms with Crippen molar-refractivity contribution in [1.29, 1.82) is 0 Å². The number of benzene rings is 1. The smallest absolute Gasteiger partial charge is 0.224 e. The van der Waals surface area contributed by atoms with Gasteiger partial charge in [-0.3, -0.25) is 9.59 Å². The lowest BCUT2D eigenvalue weighted by Crippen LogP contribution is -2.48. The highest BCUT2D eigenvalue weighted by atomic mass is 16.2. The lowest BCUT2D eigenvalue weighted by atomic mass is 10.0. The molecule has 1 aromatic carbocycles. The molecule has 1 fully saturated rings. The fraction of sp³-hybridized carbons (Fsp3) is 0.529. The first-order valence-corrected chi connectivity index (χ1v) is 7.52. The van der Waals surface area contributed by atoms with E-state index in [1.54, 1.807) is 13.8 Å². The molecule has 21 heavy (non-hydrogen) atoms. The molecule has 4 nitrogen and oxygen atoms in total. The standard InChI is InChI=1S/C17H24N2O2/c1-12-5-6-17(13(2)11-12)19(15(4)21)16-7-9-18(10-8-16)14(3)20/h5-6,11,16H,7-10H2,1-4H3. The zero-order chi connectivity index (χ0) is 15.6. The highest BCUT2D eigenvalue weighted by Gasteiger charge is 2.28. The number of amides is 2. The van der Waals surface area contributed by atoms with E-state index in [1.807, 2.05) is 28.9 Å². The van der Waals surface area contributed by atoms with Crippen molar-refractivity contribution in [2.24, 2.45) is 0 Å². The number of hydrogen-bond acceptors (Lipinski definition) is 2. The number of hydrogen-bond donors (Lipinski definition) is 0. The third-order valence-electron chi connectivity index (χ3n) is 4.23. The van der Waals surface area contributed by atoms with Crippen molar-refractivity contribution in [3.05, 3.63) is 29.3 Å². The van der Waals surface area contributed by atoms with Gasteiger partial charge in [0.15, 0.2) is 0 Å². The third-order valence-corrected chi connectivity index (χ3v) is 4.23. The van der Waals surface area contributed by atoms with Gasteiger partial charge in [-0.25, -0.2) is 0 Å². The van der Waals surface area contributed by atoms with Crippen LogP contribution in [0.1, 0.15) is 37.8 Å². The first-order chi connectivity index (χ1) is 9.90. The summed E-state index contributed by atoms with van der Waals surface area (Å²) in [7, 11) is 0. The van der Waals surface area contributed by atoms with Crippen LogP contribution in [0.2, 0.25) is 0 Å². The van der Waals surface area contributed by atoms with E-state index >= 15 is 0 Å². The monoisotopic (exact) mass is 288 g/mol. The second kappa shape index (κ2) is 6.29.